The van der Waals surface area contributed by atoms with Gasteiger partial charge in [-0.25, -0.2) is 5.84 Å². The predicted molar refractivity (Wildman–Crippen MR) is 86.0 cm³/mol. The van der Waals surface area contributed by atoms with Crippen molar-refractivity contribution in [3.63, 3.8) is 0 Å². The summed E-state index contributed by atoms with van der Waals surface area (Å²) in [7, 11) is 0. The fourth-order valence-corrected chi connectivity index (χ4v) is 2.26. The van der Waals surface area contributed by atoms with Gasteiger partial charge in [0.15, 0.2) is 0 Å². The number of hydrazine groups is 1. The molecule has 20 heavy (non-hydrogen) atoms. The van der Waals surface area contributed by atoms with E-state index in [1.807, 2.05) is 0 Å². The molecule has 5 nitrogen and oxygen atoms in total. The van der Waals surface area contributed by atoms with Crippen LogP contribution in [0.3, 0.4) is 0 Å². The molecule has 4 N–H and O–H groups in total. The first-order chi connectivity index (χ1) is 9.69. The van der Waals surface area contributed by atoms with Crippen molar-refractivity contribution >= 4 is 17.3 Å². The summed E-state index contributed by atoms with van der Waals surface area (Å²) in [4.78, 5) is 6.81. The number of nitrogens with two attached hydrogens (primary N) is 1. The number of benzene rings is 1. The van der Waals surface area contributed by atoms with Crippen molar-refractivity contribution in [3.8, 4) is 0 Å². The third-order valence-corrected chi connectivity index (χ3v) is 3.35. The van der Waals surface area contributed by atoms with Gasteiger partial charge in [0.1, 0.15) is 0 Å². The maximum absolute atomic E-state index is 5.48. The van der Waals surface area contributed by atoms with E-state index >= 15 is 0 Å². The van der Waals surface area contributed by atoms with Crippen molar-refractivity contribution in [3.05, 3.63) is 24.3 Å². The molecular formula is C15H25N5. The van der Waals surface area contributed by atoms with E-state index in [-0.39, 0.29) is 0 Å². The van der Waals surface area contributed by atoms with Gasteiger partial charge in [0.05, 0.1) is 0 Å². The van der Waals surface area contributed by atoms with Gasteiger partial charge in [-0.15, -0.1) is 0 Å². The van der Waals surface area contributed by atoms with Gasteiger partial charge in [-0.3, -0.25) is 10.4 Å². The molecule has 0 spiro atoms. The molecule has 1 aromatic carbocycles. The zero-order chi connectivity index (χ0) is 14.4. The second-order valence-electron chi connectivity index (χ2n) is 5.59. The first kappa shape index (κ1) is 14.7. The van der Waals surface area contributed by atoms with Crippen LogP contribution in [0.2, 0.25) is 0 Å². The fraction of sp³-hybridized carbons (Fsp3) is 0.533. The molecule has 1 fully saturated rings. The Labute approximate surface area is 121 Å². The van der Waals surface area contributed by atoms with Gasteiger partial charge in [0.2, 0.25) is 5.96 Å². The lowest BCUT2D eigenvalue weighted by atomic mass is 10.2. The molecule has 1 aliphatic rings. The molecule has 1 aliphatic heterocycles. The Hall–Kier alpha value is -1.75. The number of rotatable bonds is 4. The highest BCUT2D eigenvalue weighted by molar-refractivity contribution is 5.93. The van der Waals surface area contributed by atoms with Crippen LogP contribution in [0.4, 0.5) is 11.4 Å². The highest BCUT2D eigenvalue weighted by Gasteiger charge is 2.11. The average molecular weight is 275 g/mol. The Kier molecular flexibility index (Phi) is 5.24. The molecule has 110 valence electrons. The van der Waals surface area contributed by atoms with Crippen molar-refractivity contribution in [1.82, 2.24) is 5.43 Å². The average Bonchev–Trinajstić information content (AvgIpc) is 2.98. The maximum Gasteiger partial charge on any atom is 0.210 e. The lowest BCUT2D eigenvalue weighted by molar-refractivity contribution is 0.663. The van der Waals surface area contributed by atoms with Crippen molar-refractivity contribution in [1.29, 1.82) is 0 Å². The fourth-order valence-electron chi connectivity index (χ4n) is 2.26. The molecule has 0 aliphatic carbocycles. The van der Waals surface area contributed by atoms with Gasteiger partial charge < -0.3 is 10.2 Å². The minimum atomic E-state index is 0.512. The number of anilines is 2. The van der Waals surface area contributed by atoms with Gasteiger partial charge in [-0.05, 0) is 43.0 Å². The van der Waals surface area contributed by atoms with Crippen LogP contribution in [0.1, 0.15) is 26.7 Å². The van der Waals surface area contributed by atoms with E-state index in [2.05, 4.69) is 58.7 Å². The van der Waals surface area contributed by atoms with Gasteiger partial charge in [-0.2, -0.15) is 0 Å². The summed E-state index contributed by atoms with van der Waals surface area (Å²) >= 11 is 0. The maximum atomic E-state index is 5.48. The topological polar surface area (TPSA) is 65.7 Å². The van der Waals surface area contributed by atoms with Crippen LogP contribution >= 0.6 is 0 Å². The van der Waals surface area contributed by atoms with Crippen LogP contribution in [0, 0.1) is 5.92 Å². The highest BCUT2D eigenvalue weighted by Crippen LogP contribution is 2.21. The zero-order valence-electron chi connectivity index (χ0n) is 12.4. The van der Waals surface area contributed by atoms with E-state index in [1.54, 1.807) is 0 Å². The smallest absolute Gasteiger partial charge is 0.210 e. The lowest BCUT2D eigenvalue weighted by Crippen LogP contribution is -2.36. The Morgan fingerprint density at radius 3 is 2.45 bits per heavy atom. The molecule has 0 amide bonds. The third kappa shape index (κ3) is 4.13. The summed E-state index contributed by atoms with van der Waals surface area (Å²) in [6, 6.07) is 8.42. The van der Waals surface area contributed by atoms with Crippen LogP contribution in [0.25, 0.3) is 0 Å². The zero-order valence-corrected chi connectivity index (χ0v) is 12.4. The number of nitrogens with zero attached hydrogens (tertiary/aromatic N) is 2. The van der Waals surface area contributed by atoms with Crippen LogP contribution < -0.4 is 21.5 Å². The normalized spacial score (nSPS) is 15.8. The molecular weight excluding hydrogens is 250 g/mol. The number of nitrogens with one attached hydrogen (secondary N) is 2. The second-order valence-corrected chi connectivity index (χ2v) is 5.59. The van der Waals surface area contributed by atoms with Gasteiger partial charge in [0, 0.05) is 31.0 Å². The van der Waals surface area contributed by atoms with Gasteiger partial charge >= 0.3 is 0 Å². The molecule has 0 aromatic heterocycles. The van der Waals surface area contributed by atoms with E-state index in [4.69, 9.17) is 5.84 Å². The number of hydrogen-bond donors (Lipinski definition) is 3. The first-order valence-corrected chi connectivity index (χ1v) is 7.32. The van der Waals surface area contributed by atoms with E-state index < -0.39 is 0 Å². The molecule has 0 unspecified atom stereocenters. The largest absolute Gasteiger partial charge is 0.372 e. The van der Waals surface area contributed by atoms with Crippen molar-refractivity contribution in [2.45, 2.75) is 26.7 Å². The molecule has 5 heteroatoms. The summed E-state index contributed by atoms with van der Waals surface area (Å²) < 4.78 is 0. The molecule has 0 bridgehead atoms. The van der Waals surface area contributed by atoms with E-state index in [9.17, 15) is 0 Å². The summed E-state index contributed by atoms with van der Waals surface area (Å²) in [6.07, 6.45) is 2.59. The van der Waals surface area contributed by atoms with Crippen LogP contribution in [-0.2, 0) is 0 Å². The number of hydrogen-bond acceptors (Lipinski definition) is 3. The first-order valence-electron chi connectivity index (χ1n) is 7.32. The number of aliphatic imine (C=N–C) groups is 1. The van der Waals surface area contributed by atoms with E-state index in [0.29, 0.717) is 11.9 Å². The van der Waals surface area contributed by atoms with Gasteiger partial charge in [0.25, 0.3) is 0 Å². The van der Waals surface area contributed by atoms with Crippen molar-refractivity contribution in [2.75, 3.05) is 29.9 Å². The SMILES string of the molecule is CC(C)CN=C(NN)Nc1ccc(N2CCCC2)cc1. The summed E-state index contributed by atoms with van der Waals surface area (Å²) in [5.74, 6) is 6.60. The monoisotopic (exact) mass is 275 g/mol. The minimum Gasteiger partial charge on any atom is -0.372 e. The van der Waals surface area contributed by atoms with E-state index in [0.717, 1.165) is 25.3 Å². The minimum absolute atomic E-state index is 0.512. The molecule has 2 rings (SSSR count). The van der Waals surface area contributed by atoms with E-state index in [1.165, 1.54) is 18.5 Å². The molecule has 1 heterocycles. The third-order valence-electron chi connectivity index (χ3n) is 3.35. The Morgan fingerprint density at radius 2 is 1.90 bits per heavy atom. The lowest BCUT2D eigenvalue weighted by Gasteiger charge is -2.18. The molecule has 1 aromatic rings. The summed E-state index contributed by atoms with van der Waals surface area (Å²) in [6.45, 7) is 7.33. The molecule has 0 atom stereocenters. The summed E-state index contributed by atoms with van der Waals surface area (Å²) in [5.41, 5.74) is 4.88. The summed E-state index contributed by atoms with van der Waals surface area (Å²) in [5, 5.41) is 3.20. The second kappa shape index (κ2) is 7.14. The quantitative estimate of drug-likeness (QED) is 0.341. The van der Waals surface area contributed by atoms with Crippen LogP contribution in [-0.4, -0.2) is 25.6 Å². The molecule has 1 saturated heterocycles. The predicted octanol–water partition coefficient (Wildman–Crippen LogP) is 2.17. The molecule has 0 saturated carbocycles. The van der Waals surface area contributed by atoms with Crippen molar-refractivity contribution in [2.24, 2.45) is 16.8 Å². The Bertz CT molecular complexity index is 432. The number of guanidine groups is 1. The highest BCUT2D eigenvalue weighted by atomic mass is 15.3. The van der Waals surface area contributed by atoms with Gasteiger partial charge in [-0.1, -0.05) is 13.8 Å². The van der Waals surface area contributed by atoms with Crippen LogP contribution in [0.5, 0.6) is 0 Å². The Balaban J connectivity index is 1.96. The molecule has 0 radical (unpaired) electrons. The van der Waals surface area contributed by atoms with Crippen molar-refractivity contribution < 1.29 is 0 Å². The standard InChI is InChI=1S/C15H25N5/c1-12(2)11-17-15(19-16)18-13-5-7-14(8-6-13)20-9-3-4-10-20/h5-8,12H,3-4,9-11,16H2,1-2H3,(H2,17,18,19). The Morgan fingerprint density at radius 1 is 1.25 bits per heavy atom. The van der Waals surface area contributed by atoms with Crippen LogP contribution in [0.15, 0.2) is 29.3 Å².